The fraction of sp³-hybridized carbons (Fsp3) is 0.0714. The molecule has 0 spiro atoms. The van der Waals surface area contributed by atoms with Crippen molar-refractivity contribution in [2.75, 3.05) is 0 Å². The number of aromatic nitrogens is 3. The third-order valence-electron chi connectivity index (χ3n) is 3.03. The van der Waals surface area contributed by atoms with Crippen LogP contribution in [0.4, 0.5) is 0 Å². The average Bonchev–Trinajstić information content (AvgIpc) is 2.92. The van der Waals surface area contributed by atoms with E-state index in [1.165, 1.54) is 0 Å². The van der Waals surface area contributed by atoms with Gasteiger partial charge in [-0.3, -0.25) is 14.9 Å². The Balaban J connectivity index is 1.79. The smallest absolute Gasteiger partial charge is 0.272 e. The highest BCUT2D eigenvalue weighted by Crippen LogP contribution is 2.20. The van der Waals surface area contributed by atoms with E-state index in [1.807, 2.05) is 0 Å². The van der Waals surface area contributed by atoms with Crippen LogP contribution in [0.15, 0.2) is 36.7 Å². The molecular formula is C14H10Cl2N4O. The lowest BCUT2D eigenvalue weighted by Crippen LogP contribution is -2.23. The highest BCUT2D eigenvalue weighted by Gasteiger charge is 2.14. The number of halogens is 2. The van der Waals surface area contributed by atoms with E-state index in [4.69, 9.17) is 23.2 Å². The minimum absolute atomic E-state index is 0.275. The molecule has 106 valence electrons. The van der Waals surface area contributed by atoms with Crippen molar-refractivity contribution in [3.05, 3.63) is 58.0 Å². The number of rotatable bonds is 3. The fourth-order valence-corrected chi connectivity index (χ4v) is 2.36. The minimum atomic E-state index is -0.288. The van der Waals surface area contributed by atoms with Gasteiger partial charge in [-0.25, -0.2) is 0 Å². The zero-order chi connectivity index (χ0) is 14.8. The van der Waals surface area contributed by atoms with E-state index in [-0.39, 0.29) is 12.5 Å². The summed E-state index contributed by atoms with van der Waals surface area (Å²) in [6.45, 7) is 0.275. The normalized spacial score (nSPS) is 10.8. The topological polar surface area (TPSA) is 70.7 Å². The molecule has 0 fully saturated rings. The molecular weight excluding hydrogens is 311 g/mol. The number of carbonyl (C=O) groups is 1. The van der Waals surface area contributed by atoms with Crippen molar-refractivity contribution in [3.8, 4) is 0 Å². The summed E-state index contributed by atoms with van der Waals surface area (Å²) in [5, 5.41) is 11.4. The molecule has 5 nitrogen and oxygen atoms in total. The van der Waals surface area contributed by atoms with E-state index in [0.717, 1.165) is 10.9 Å². The minimum Gasteiger partial charge on any atom is -0.346 e. The molecule has 0 aliphatic carbocycles. The molecule has 3 aromatic rings. The van der Waals surface area contributed by atoms with Crippen LogP contribution in [-0.4, -0.2) is 21.1 Å². The number of nitrogens with zero attached hydrogens (tertiary/aromatic N) is 2. The summed E-state index contributed by atoms with van der Waals surface area (Å²) < 4.78 is 0. The SMILES string of the molecule is O=C(NCc1cc(Cl)ccc1Cl)c1n[nH]c2cnccc12. The highest BCUT2D eigenvalue weighted by atomic mass is 35.5. The Morgan fingerprint density at radius 2 is 2.14 bits per heavy atom. The first-order valence-corrected chi connectivity index (χ1v) is 6.91. The van der Waals surface area contributed by atoms with Gasteiger partial charge in [0.25, 0.3) is 5.91 Å². The lowest BCUT2D eigenvalue weighted by Gasteiger charge is -2.06. The van der Waals surface area contributed by atoms with Gasteiger partial charge < -0.3 is 5.32 Å². The van der Waals surface area contributed by atoms with E-state index in [0.29, 0.717) is 21.3 Å². The van der Waals surface area contributed by atoms with Crippen LogP contribution < -0.4 is 5.32 Å². The molecule has 2 heterocycles. The van der Waals surface area contributed by atoms with Crippen LogP contribution in [0.3, 0.4) is 0 Å². The quantitative estimate of drug-likeness (QED) is 0.778. The molecule has 0 saturated heterocycles. The maximum atomic E-state index is 12.2. The largest absolute Gasteiger partial charge is 0.346 e. The van der Waals surface area contributed by atoms with Crippen molar-refractivity contribution in [2.45, 2.75) is 6.54 Å². The van der Waals surface area contributed by atoms with E-state index in [9.17, 15) is 4.79 Å². The number of carbonyl (C=O) groups excluding carboxylic acids is 1. The van der Waals surface area contributed by atoms with Crippen molar-refractivity contribution in [1.82, 2.24) is 20.5 Å². The molecule has 0 radical (unpaired) electrons. The Kier molecular flexibility index (Phi) is 3.77. The number of aromatic amines is 1. The molecule has 0 aliphatic heterocycles. The number of amides is 1. The maximum Gasteiger partial charge on any atom is 0.272 e. The van der Waals surface area contributed by atoms with Crippen molar-refractivity contribution in [3.63, 3.8) is 0 Å². The molecule has 1 aromatic carbocycles. The molecule has 7 heteroatoms. The van der Waals surface area contributed by atoms with Crippen LogP contribution in [0.2, 0.25) is 10.0 Å². The zero-order valence-corrected chi connectivity index (χ0v) is 12.2. The molecule has 1 amide bonds. The Bertz CT molecular complexity index is 816. The van der Waals surface area contributed by atoms with Gasteiger partial charge in [0.05, 0.1) is 11.7 Å². The highest BCUT2D eigenvalue weighted by molar-refractivity contribution is 6.33. The lowest BCUT2D eigenvalue weighted by molar-refractivity contribution is 0.0947. The number of fused-ring (bicyclic) bond motifs is 1. The first kappa shape index (κ1) is 13.9. The van der Waals surface area contributed by atoms with Gasteiger partial charge in [-0.2, -0.15) is 5.10 Å². The van der Waals surface area contributed by atoms with Gasteiger partial charge in [0, 0.05) is 28.2 Å². The fourth-order valence-electron chi connectivity index (χ4n) is 1.98. The Labute approximate surface area is 130 Å². The van der Waals surface area contributed by atoms with Crippen LogP contribution in [-0.2, 0) is 6.54 Å². The molecule has 0 aliphatic rings. The van der Waals surface area contributed by atoms with Crippen LogP contribution in [0.5, 0.6) is 0 Å². The summed E-state index contributed by atoms with van der Waals surface area (Å²) in [5.41, 5.74) is 1.79. The first-order chi connectivity index (χ1) is 10.1. The van der Waals surface area contributed by atoms with Gasteiger partial charge in [-0.1, -0.05) is 23.2 Å². The standard InChI is InChI=1S/C14H10Cl2N4O/c15-9-1-2-11(16)8(5-9)6-18-14(21)13-10-3-4-17-7-12(10)19-20-13/h1-5,7H,6H2,(H,18,21)(H,19,20). The van der Waals surface area contributed by atoms with E-state index in [2.05, 4.69) is 20.5 Å². The van der Waals surface area contributed by atoms with Gasteiger partial charge >= 0.3 is 0 Å². The molecule has 2 N–H and O–H groups in total. The number of pyridine rings is 1. The second kappa shape index (κ2) is 5.71. The molecule has 0 bridgehead atoms. The number of H-pyrrole nitrogens is 1. The van der Waals surface area contributed by atoms with Crippen molar-refractivity contribution in [2.24, 2.45) is 0 Å². The lowest BCUT2D eigenvalue weighted by atomic mass is 10.2. The van der Waals surface area contributed by atoms with Crippen molar-refractivity contribution < 1.29 is 4.79 Å². The average molecular weight is 321 g/mol. The summed E-state index contributed by atoms with van der Waals surface area (Å²) >= 11 is 12.0. The third-order valence-corrected chi connectivity index (χ3v) is 3.63. The van der Waals surface area contributed by atoms with E-state index >= 15 is 0 Å². The van der Waals surface area contributed by atoms with Crippen molar-refractivity contribution in [1.29, 1.82) is 0 Å². The van der Waals surface area contributed by atoms with Gasteiger partial charge in [0.1, 0.15) is 0 Å². The number of nitrogens with one attached hydrogen (secondary N) is 2. The second-order valence-corrected chi connectivity index (χ2v) is 5.26. The number of hydrogen-bond acceptors (Lipinski definition) is 3. The molecule has 3 rings (SSSR count). The Morgan fingerprint density at radius 1 is 1.29 bits per heavy atom. The summed E-state index contributed by atoms with van der Waals surface area (Å²) in [5.74, 6) is -0.288. The van der Waals surface area contributed by atoms with Gasteiger partial charge in [0.15, 0.2) is 5.69 Å². The molecule has 2 aromatic heterocycles. The van der Waals surface area contributed by atoms with Gasteiger partial charge in [-0.05, 0) is 29.8 Å². The first-order valence-electron chi connectivity index (χ1n) is 6.15. The van der Waals surface area contributed by atoms with Crippen LogP contribution >= 0.6 is 23.2 Å². The molecule has 0 unspecified atom stereocenters. The van der Waals surface area contributed by atoms with Crippen molar-refractivity contribution >= 4 is 40.0 Å². The maximum absolute atomic E-state index is 12.2. The predicted octanol–water partition coefficient (Wildman–Crippen LogP) is 3.19. The Hall–Kier alpha value is -2.11. The third kappa shape index (κ3) is 2.84. The molecule has 0 atom stereocenters. The second-order valence-electron chi connectivity index (χ2n) is 4.41. The van der Waals surface area contributed by atoms with Crippen LogP contribution in [0.25, 0.3) is 10.9 Å². The summed E-state index contributed by atoms with van der Waals surface area (Å²) in [6, 6.07) is 6.85. The zero-order valence-electron chi connectivity index (χ0n) is 10.7. The van der Waals surface area contributed by atoms with E-state index < -0.39 is 0 Å². The Morgan fingerprint density at radius 3 is 3.00 bits per heavy atom. The van der Waals surface area contributed by atoms with Gasteiger partial charge in [-0.15, -0.1) is 0 Å². The number of hydrogen-bond donors (Lipinski definition) is 2. The number of benzene rings is 1. The van der Waals surface area contributed by atoms with Crippen LogP contribution in [0, 0.1) is 0 Å². The predicted molar refractivity (Wildman–Crippen MR) is 81.5 cm³/mol. The summed E-state index contributed by atoms with van der Waals surface area (Å²) in [7, 11) is 0. The molecule has 0 saturated carbocycles. The van der Waals surface area contributed by atoms with Gasteiger partial charge in [0.2, 0.25) is 0 Å². The summed E-state index contributed by atoms with van der Waals surface area (Å²) in [4.78, 5) is 16.2. The monoisotopic (exact) mass is 320 g/mol. The summed E-state index contributed by atoms with van der Waals surface area (Å²) in [6.07, 6.45) is 3.23. The van der Waals surface area contributed by atoms with Crippen LogP contribution in [0.1, 0.15) is 16.1 Å². The van der Waals surface area contributed by atoms with E-state index in [1.54, 1.807) is 36.7 Å². The molecule has 21 heavy (non-hydrogen) atoms.